The highest BCUT2D eigenvalue weighted by molar-refractivity contribution is 6.35. The Labute approximate surface area is 176 Å². The number of hydrogen-bond donors (Lipinski definition) is 1. The Balaban J connectivity index is 1.35. The Hall–Kier alpha value is -2.36. The maximum atomic E-state index is 6.10. The lowest BCUT2D eigenvalue weighted by molar-refractivity contribution is 0.306. The summed E-state index contributed by atoms with van der Waals surface area (Å²) < 4.78 is 11.6. The molecule has 0 saturated carbocycles. The summed E-state index contributed by atoms with van der Waals surface area (Å²) in [4.78, 5) is 0. The van der Waals surface area contributed by atoms with Crippen molar-refractivity contribution >= 4 is 28.9 Å². The van der Waals surface area contributed by atoms with E-state index >= 15 is 0 Å². The molecule has 0 aliphatic heterocycles. The molecule has 0 aromatic heterocycles. The van der Waals surface area contributed by atoms with Crippen LogP contribution in [0.1, 0.15) is 18.4 Å². The summed E-state index contributed by atoms with van der Waals surface area (Å²) in [6.45, 7) is 2.04. The molecule has 0 spiro atoms. The van der Waals surface area contributed by atoms with Gasteiger partial charge in [0.25, 0.3) is 0 Å². The molecule has 3 rings (SSSR count). The molecule has 3 nitrogen and oxygen atoms in total. The van der Waals surface area contributed by atoms with Gasteiger partial charge in [-0.2, -0.15) is 0 Å². The van der Waals surface area contributed by atoms with Crippen molar-refractivity contribution in [3.8, 4) is 11.5 Å². The van der Waals surface area contributed by atoms with Crippen molar-refractivity contribution in [2.45, 2.75) is 19.4 Å². The average molecular weight is 416 g/mol. The highest BCUT2D eigenvalue weighted by Gasteiger charge is 2.02. The van der Waals surface area contributed by atoms with Crippen molar-refractivity contribution < 1.29 is 9.47 Å². The highest BCUT2D eigenvalue weighted by atomic mass is 35.5. The quantitative estimate of drug-likeness (QED) is 0.367. The van der Waals surface area contributed by atoms with E-state index in [0.29, 0.717) is 29.0 Å². The summed E-state index contributed by atoms with van der Waals surface area (Å²) in [6, 6.07) is 23.4. The van der Waals surface area contributed by atoms with Gasteiger partial charge in [0.1, 0.15) is 18.1 Å². The molecule has 0 bridgehead atoms. The molecule has 28 heavy (non-hydrogen) atoms. The number of anilines is 1. The number of rotatable bonds is 10. The monoisotopic (exact) mass is 415 g/mol. The molecule has 0 amide bonds. The number of ether oxygens (including phenoxy) is 2. The summed E-state index contributed by atoms with van der Waals surface area (Å²) in [5.41, 5.74) is 2.20. The van der Waals surface area contributed by atoms with E-state index in [1.54, 1.807) is 18.2 Å². The highest BCUT2D eigenvalue weighted by Crippen LogP contribution is 2.27. The maximum Gasteiger partial charge on any atom is 0.137 e. The fraction of sp³-hybridized carbons (Fsp3) is 0.217. The fourth-order valence-corrected chi connectivity index (χ4v) is 3.13. The van der Waals surface area contributed by atoms with Crippen LogP contribution in [0.5, 0.6) is 11.5 Å². The van der Waals surface area contributed by atoms with Crippen LogP contribution in [0.15, 0.2) is 72.8 Å². The summed E-state index contributed by atoms with van der Waals surface area (Å²) in [5.74, 6) is 1.52. The van der Waals surface area contributed by atoms with Crippen molar-refractivity contribution in [1.29, 1.82) is 0 Å². The average Bonchev–Trinajstić information content (AvgIpc) is 2.71. The minimum Gasteiger partial charge on any atom is -0.492 e. The molecule has 0 aliphatic carbocycles. The second-order valence-corrected chi connectivity index (χ2v) is 7.20. The number of nitrogens with one attached hydrogen (secondary N) is 1. The first kappa shape index (κ1) is 20.4. The van der Waals surface area contributed by atoms with Crippen LogP contribution in [0, 0.1) is 0 Å². The van der Waals surface area contributed by atoms with Gasteiger partial charge >= 0.3 is 0 Å². The van der Waals surface area contributed by atoms with Gasteiger partial charge in [0.15, 0.2) is 0 Å². The van der Waals surface area contributed by atoms with E-state index in [2.05, 4.69) is 17.4 Å². The number of benzene rings is 3. The molecule has 0 saturated heterocycles. The van der Waals surface area contributed by atoms with Gasteiger partial charge in [0.05, 0.1) is 11.6 Å². The van der Waals surface area contributed by atoms with Crippen molar-refractivity contribution in [3.63, 3.8) is 0 Å². The summed E-state index contributed by atoms with van der Waals surface area (Å²) >= 11 is 12.0. The van der Waals surface area contributed by atoms with Crippen LogP contribution in [0.4, 0.5) is 5.69 Å². The topological polar surface area (TPSA) is 30.5 Å². The van der Waals surface area contributed by atoms with E-state index in [-0.39, 0.29) is 0 Å². The van der Waals surface area contributed by atoms with Crippen molar-refractivity contribution in [2.24, 2.45) is 0 Å². The smallest absolute Gasteiger partial charge is 0.137 e. The van der Waals surface area contributed by atoms with Crippen molar-refractivity contribution in [1.82, 2.24) is 0 Å². The molecule has 146 valence electrons. The summed E-state index contributed by atoms with van der Waals surface area (Å²) in [5, 5.41) is 4.57. The van der Waals surface area contributed by atoms with Gasteiger partial charge in [-0.25, -0.2) is 0 Å². The van der Waals surface area contributed by atoms with Gasteiger partial charge in [-0.1, -0.05) is 59.6 Å². The predicted molar refractivity (Wildman–Crippen MR) is 117 cm³/mol. The zero-order valence-corrected chi connectivity index (χ0v) is 17.0. The summed E-state index contributed by atoms with van der Waals surface area (Å²) in [7, 11) is 0. The Morgan fingerprint density at radius 2 is 1.64 bits per heavy atom. The van der Waals surface area contributed by atoms with Crippen LogP contribution in [0.2, 0.25) is 10.0 Å². The lowest BCUT2D eigenvalue weighted by atomic mass is 10.2. The number of unbranched alkanes of at least 4 members (excludes halogenated alkanes) is 1. The molecule has 0 atom stereocenters. The van der Waals surface area contributed by atoms with Crippen LogP contribution < -0.4 is 14.8 Å². The second-order valence-electron chi connectivity index (χ2n) is 6.36. The molecule has 3 aromatic carbocycles. The number of halogens is 2. The van der Waals surface area contributed by atoms with E-state index in [1.807, 2.05) is 42.5 Å². The van der Waals surface area contributed by atoms with Gasteiger partial charge in [-0.15, -0.1) is 0 Å². The van der Waals surface area contributed by atoms with E-state index in [0.717, 1.165) is 36.4 Å². The molecule has 1 N–H and O–H groups in total. The van der Waals surface area contributed by atoms with Gasteiger partial charge in [0.2, 0.25) is 0 Å². The first-order valence-electron chi connectivity index (χ1n) is 9.29. The third kappa shape index (κ3) is 6.66. The van der Waals surface area contributed by atoms with Crippen LogP contribution in [0.25, 0.3) is 0 Å². The molecule has 0 heterocycles. The van der Waals surface area contributed by atoms with Crippen LogP contribution in [0.3, 0.4) is 0 Å². The third-order valence-electron chi connectivity index (χ3n) is 4.13. The molecule has 0 aliphatic rings. The van der Waals surface area contributed by atoms with Crippen molar-refractivity contribution in [2.75, 3.05) is 18.5 Å². The Morgan fingerprint density at radius 3 is 2.46 bits per heavy atom. The molecule has 0 fully saturated rings. The van der Waals surface area contributed by atoms with Gasteiger partial charge < -0.3 is 14.8 Å². The molecular weight excluding hydrogens is 393 g/mol. The SMILES string of the molecule is Clc1ccc(OCCCCNc2cccc(OCc3ccccc3)c2)c(Cl)c1. The lowest BCUT2D eigenvalue weighted by Crippen LogP contribution is -2.05. The van der Waals surface area contributed by atoms with E-state index < -0.39 is 0 Å². The van der Waals surface area contributed by atoms with Crippen molar-refractivity contribution in [3.05, 3.63) is 88.4 Å². The minimum absolute atomic E-state index is 0.540. The third-order valence-corrected chi connectivity index (χ3v) is 4.66. The Bertz CT molecular complexity index is 871. The van der Waals surface area contributed by atoms with Gasteiger partial charge in [0, 0.05) is 23.3 Å². The van der Waals surface area contributed by atoms with Crippen LogP contribution >= 0.6 is 23.2 Å². The first-order valence-corrected chi connectivity index (χ1v) is 10.0. The standard InChI is InChI=1S/C23H23Cl2NO2/c24-19-11-12-23(22(25)15-19)27-14-5-4-13-26-20-9-6-10-21(16-20)28-17-18-7-2-1-3-8-18/h1-3,6-12,15-16,26H,4-5,13-14,17H2. The molecular formula is C23H23Cl2NO2. The van der Waals surface area contributed by atoms with Crippen LogP contribution in [-0.4, -0.2) is 13.2 Å². The Morgan fingerprint density at radius 1 is 0.786 bits per heavy atom. The van der Waals surface area contributed by atoms with Gasteiger partial charge in [-0.05, 0) is 48.7 Å². The zero-order valence-electron chi connectivity index (χ0n) is 15.5. The second kappa shape index (κ2) is 10.8. The normalized spacial score (nSPS) is 10.5. The maximum absolute atomic E-state index is 6.10. The van der Waals surface area contributed by atoms with E-state index in [1.165, 1.54) is 0 Å². The Kier molecular flexibility index (Phi) is 7.89. The molecule has 0 unspecified atom stereocenters. The molecule has 3 aromatic rings. The van der Waals surface area contributed by atoms with E-state index in [4.69, 9.17) is 32.7 Å². The lowest BCUT2D eigenvalue weighted by Gasteiger charge is -2.11. The van der Waals surface area contributed by atoms with E-state index in [9.17, 15) is 0 Å². The minimum atomic E-state index is 0.540. The largest absolute Gasteiger partial charge is 0.492 e. The van der Waals surface area contributed by atoms with Gasteiger partial charge in [-0.3, -0.25) is 0 Å². The molecule has 5 heteroatoms. The molecule has 0 radical (unpaired) electrons. The zero-order chi connectivity index (χ0) is 19.6. The predicted octanol–water partition coefficient (Wildman–Crippen LogP) is 6.84. The summed E-state index contributed by atoms with van der Waals surface area (Å²) in [6.07, 6.45) is 1.91. The number of hydrogen-bond acceptors (Lipinski definition) is 3. The first-order chi connectivity index (χ1) is 13.7. The van der Waals surface area contributed by atoms with Crippen LogP contribution in [-0.2, 0) is 6.61 Å². The fourth-order valence-electron chi connectivity index (χ4n) is 2.67.